The van der Waals surface area contributed by atoms with Crippen LogP contribution in [0.1, 0.15) is 18.4 Å². The van der Waals surface area contributed by atoms with Gasteiger partial charge in [-0.2, -0.15) is 0 Å². The maximum Gasteiger partial charge on any atom is 0.0642 e. The standard InChI is InChI=1S/C14H20Cl2N2/c1-17-7-3-4-12(17)10-18(2)14-6-5-11(9-15)8-13(14)16/h5-6,8,12H,3-4,7,9-10H2,1-2H3. The lowest BCUT2D eigenvalue weighted by atomic mass is 10.1. The van der Waals surface area contributed by atoms with Gasteiger partial charge in [0, 0.05) is 25.5 Å². The van der Waals surface area contributed by atoms with Crippen molar-refractivity contribution in [2.45, 2.75) is 24.8 Å². The fourth-order valence-corrected chi connectivity index (χ4v) is 3.08. The van der Waals surface area contributed by atoms with Crippen LogP contribution in [0.3, 0.4) is 0 Å². The van der Waals surface area contributed by atoms with E-state index in [1.165, 1.54) is 19.4 Å². The van der Waals surface area contributed by atoms with Gasteiger partial charge in [0.05, 0.1) is 10.7 Å². The van der Waals surface area contributed by atoms with E-state index in [1.807, 2.05) is 12.1 Å². The summed E-state index contributed by atoms with van der Waals surface area (Å²) in [4.78, 5) is 4.67. The van der Waals surface area contributed by atoms with Crippen LogP contribution in [-0.2, 0) is 5.88 Å². The second-order valence-corrected chi connectivity index (χ2v) is 5.75. The monoisotopic (exact) mass is 286 g/mol. The van der Waals surface area contributed by atoms with Crippen molar-refractivity contribution in [3.63, 3.8) is 0 Å². The van der Waals surface area contributed by atoms with Gasteiger partial charge in [-0.1, -0.05) is 17.7 Å². The minimum Gasteiger partial charge on any atom is -0.372 e. The summed E-state index contributed by atoms with van der Waals surface area (Å²) in [5.74, 6) is 0.509. The summed E-state index contributed by atoms with van der Waals surface area (Å²) in [6.07, 6.45) is 2.58. The van der Waals surface area contributed by atoms with Crippen LogP contribution < -0.4 is 4.90 Å². The first kappa shape index (κ1) is 14.0. The Morgan fingerprint density at radius 3 is 2.78 bits per heavy atom. The van der Waals surface area contributed by atoms with Crippen molar-refractivity contribution in [2.75, 3.05) is 32.1 Å². The third-order valence-corrected chi connectivity index (χ3v) is 4.35. The zero-order chi connectivity index (χ0) is 13.1. The molecule has 0 aliphatic carbocycles. The van der Waals surface area contributed by atoms with E-state index in [-0.39, 0.29) is 0 Å². The van der Waals surface area contributed by atoms with E-state index in [4.69, 9.17) is 23.2 Å². The number of nitrogens with zero attached hydrogens (tertiary/aromatic N) is 2. The molecule has 0 N–H and O–H groups in total. The molecule has 18 heavy (non-hydrogen) atoms. The highest BCUT2D eigenvalue weighted by atomic mass is 35.5. The molecule has 1 unspecified atom stereocenters. The average molecular weight is 287 g/mol. The topological polar surface area (TPSA) is 6.48 Å². The van der Waals surface area contributed by atoms with E-state index in [0.717, 1.165) is 22.8 Å². The Morgan fingerprint density at radius 2 is 2.22 bits per heavy atom. The third-order valence-electron chi connectivity index (χ3n) is 3.73. The number of hydrogen-bond acceptors (Lipinski definition) is 2. The van der Waals surface area contributed by atoms with E-state index in [9.17, 15) is 0 Å². The SMILES string of the molecule is CN(CC1CCCN1C)c1ccc(CCl)cc1Cl. The van der Waals surface area contributed by atoms with Crippen molar-refractivity contribution in [1.29, 1.82) is 0 Å². The maximum atomic E-state index is 6.31. The summed E-state index contributed by atoms with van der Waals surface area (Å²) in [6, 6.07) is 6.70. The van der Waals surface area contributed by atoms with Crippen LogP contribution in [0, 0.1) is 0 Å². The molecule has 0 aromatic heterocycles. The Hall–Kier alpha value is -0.440. The van der Waals surface area contributed by atoms with Crippen molar-refractivity contribution in [3.8, 4) is 0 Å². The van der Waals surface area contributed by atoms with Crippen molar-refractivity contribution < 1.29 is 0 Å². The van der Waals surface area contributed by atoms with Crippen molar-refractivity contribution >= 4 is 28.9 Å². The zero-order valence-electron chi connectivity index (χ0n) is 11.0. The number of likely N-dealkylation sites (N-methyl/N-ethyl adjacent to an activating group) is 2. The summed E-state index contributed by atoms with van der Waals surface area (Å²) in [5.41, 5.74) is 2.16. The minimum absolute atomic E-state index is 0.509. The Bertz CT molecular complexity index is 409. The molecule has 2 rings (SSSR count). The second-order valence-electron chi connectivity index (χ2n) is 5.08. The first-order valence-electron chi connectivity index (χ1n) is 6.37. The molecule has 1 aliphatic heterocycles. The summed E-state index contributed by atoms with van der Waals surface area (Å²) in [6.45, 7) is 2.23. The van der Waals surface area contributed by atoms with E-state index >= 15 is 0 Å². The second kappa shape index (κ2) is 6.14. The van der Waals surface area contributed by atoms with Gasteiger partial charge in [0.15, 0.2) is 0 Å². The quantitative estimate of drug-likeness (QED) is 0.781. The molecule has 0 saturated carbocycles. The highest BCUT2D eigenvalue weighted by Crippen LogP contribution is 2.28. The predicted octanol–water partition coefficient (Wildman–Crippen LogP) is 3.61. The smallest absolute Gasteiger partial charge is 0.0642 e. The van der Waals surface area contributed by atoms with Gasteiger partial charge in [-0.25, -0.2) is 0 Å². The van der Waals surface area contributed by atoms with Gasteiger partial charge in [0.2, 0.25) is 0 Å². The molecule has 1 aromatic carbocycles. The predicted molar refractivity (Wildman–Crippen MR) is 79.9 cm³/mol. The Morgan fingerprint density at radius 1 is 1.44 bits per heavy atom. The van der Waals surface area contributed by atoms with Gasteiger partial charge in [-0.3, -0.25) is 0 Å². The normalized spacial score (nSPS) is 20.3. The number of likely N-dealkylation sites (tertiary alicyclic amines) is 1. The van der Waals surface area contributed by atoms with Crippen LogP contribution in [0.25, 0.3) is 0 Å². The van der Waals surface area contributed by atoms with Gasteiger partial charge >= 0.3 is 0 Å². The Labute approximate surface area is 119 Å². The molecule has 100 valence electrons. The summed E-state index contributed by atoms with van der Waals surface area (Å²) >= 11 is 12.1. The molecule has 0 amide bonds. The van der Waals surface area contributed by atoms with Crippen LogP contribution in [0.4, 0.5) is 5.69 Å². The molecule has 1 atom stereocenters. The van der Waals surface area contributed by atoms with Crippen LogP contribution in [-0.4, -0.2) is 38.1 Å². The van der Waals surface area contributed by atoms with Crippen LogP contribution in [0.15, 0.2) is 18.2 Å². The fourth-order valence-electron chi connectivity index (χ4n) is 2.57. The molecule has 1 saturated heterocycles. The van der Waals surface area contributed by atoms with Crippen LogP contribution in [0.2, 0.25) is 5.02 Å². The van der Waals surface area contributed by atoms with Gasteiger partial charge in [0.1, 0.15) is 0 Å². The largest absolute Gasteiger partial charge is 0.372 e. The van der Waals surface area contributed by atoms with Gasteiger partial charge in [-0.05, 0) is 44.1 Å². The fraction of sp³-hybridized carbons (Fsp3) is 0.571. The number of rotatable bonds is 4. The first-order valence-corrected chi connectivity index (χ1v) is 7.29. The molecule has 0 radical (unpaired) electrons. The number of halogens is 2. The summed E-state index contributed by atoms with van der Waals surface area (Å²) in [7, 11) is 4.30. The van der Waals surface area contributed by atoms with Gasteiger partial charge < -0.3 is 9.80 Å². The molecular weight excluding hydrogens is 267 g/mol. The van der Waals surface area contributed by atoms with E-state index in [0.29, 0.717) is 11.9 Å². The van der Waals surface area contributed by atoms with Gasteiger partial charge in [-0.15, -0.1) is 11.6 Å². The van der Waals surface area contributed by atoms with E-state index in [1.54, 1.807) is 0 Å². The molecule has 1 fully saturated rings. The molecule has 2 nitrogen and oxygen atoms in total. The lowest BCUT2D eigenvalue weighted by Gasteiger charge is -2.28. The zero-order valence-corrected chi connectivity index (χ0v) is 12.5. The van der Waals surface area contributed by atoms with Crippen molar-refractivity contribution in [2.24, 2.45) is 0 Å². The molecule has 1 aromatic rings. The summed E-state index contributed by atoms with van der Waals surface area (Å²) < 4.78 is 0. The molecule has 0 bridgehead atoms. The van der Waals surface area contributed by atoms with E-state index in [2.05, 4.69) is 30.0 Å². The first-order chi connectivity index (χ1) is 8.61. The van der Waals surface area contributed by atoms with E-state index < -0.39 is 0 Å². The summed E-state index contributed by atoms with van der Waals surface area (Å²) in [5, 5.41) is 0.788. The Balaban J connectivity index is 2.06. The highest BCUT2D eigenvalue weighted by molar-refractivity contribution is 6.33. The average Bonchev–Trinajstić information content (AvgIpc) is 2.74. The van der Waals surface area contributed by atoms with Crippen LogP contribution in [0.5, 0.6) is 0 Å². The lowest BCUT2D eigenvalue weighted by molar-refractivity contribution is 0.314. The van der Waals surface area contributed by atoms with Crippen molar-refractivity contribution in [3.05, 3.63) is 28.8 Å². The number of benzene rings is 1. The van der Waals surface area contributed by atoms with Gasteiger partial charge in [0.25, 0.3) is 0 Å². The lowest BCUT2D eigenvalue weighted by Crippen LogP contribution is -2.36. The minimum atomic E-state index is 0.509. The molecule has 4 heteroatoms. The maximum absolute atomic E-state index is 6.31. The number of anilines is 1. The Kier molecular flexibility index (Phi) is 4.77. The molecule has 1 heterocycles. The number of alkyl halides is 1. The van der Waals surface area contributed by atoms with Crippen LogP contribution >= 0.6 is 23.2 Å². The molecule has 0 spiro atoms. The molecular formula is C14H20Cl2N2. The number of hydrogen-bond donors (Lipinski definition) is 0. The van der Waals surface area contributed by atoms with Crippen molar-refractivity contribution in [1.82, 2.24) is 4.90 Å². The molecule has 1 aliphatic rings. The highest BCUT2D eigenvalue weighted by Gasteiger charge is 2.22. The third kappa shape index (κ3) is 3.11.